The molecule has 0 aliphatic carbocycles. The van der Waals surface area contributed by atoms with E-state index < -0.39 is 0 Å². The van der Waals surface area contributed by atoms with Crippen LogP contribution in [0.15, 0.2) is 23.6 Å². The molecule has 146 valence electrons. The van der Waals surface area contributed by atoms with Gasteiger partial charge < -0.3 is 10.1 Å². The molecule has 0 radical (unpaired) electrons. The Morgan fingerprint density at radius 2 is 2.37 bits per heavy atom. The minimum Gasteiger partial charge on any atom is -0.448 e. The number of carbonyl (C=O) groups is 1. The van der Waals surface area contributed by atoms with Crippen molar-refractivity contribution in [3.8, 4) is 10.6 Å². The zero-order valence-corrected chi connectivity index (χ0v) is 16.9. The fourth-order valence-corrected chi connectivity index (χ4v) is 5.15. The molecule has 3 aliphatic rings. The highest BCUT2D eigenvalue weighted by Gasteiger charge is 2.42. The number of nitrogens with one attached hydrogen (secondary N) is 1. The number of ether oxygens (including phenoxy) is 1. The van der Waals surface area contributed by atoms with E-state index in [1.165, 1.54) is 17.0 Å². The lowest BCUT2D eigenvalue weighted by Gasteiger charge is -2.49. The lowest BCUT2D eigenvalue weighted by atomic mass is 9.74. The molecule has 3 saturated heterocycles. The van der Waals surface area contributed by atoms with Gasteiger partial charge >= 0.3 is 6.09 Å². The quantitative estimate of drug-likeness (QED) is 0.823. The molecule has 3 aliphatic heterocycles. The van der Waals surface area contributed by atoms with Gasteiger partial charge in [0.05, 0.1) is 4.88 Å². The molecule has 1 unspecified atom stereocenters. The first-order valence-electron chi connectivity index (χ1n) is 9.88. The highest BCUT2D eigenvalue weighted by Crippen LogP contribution is 2.42. The molecule has 1 N–H and O–H groups in total. The van der Waals surface area contributed by atoms with Gasteiger partial charge in [0.25, 0.3) is 0 Å². The van der Waals surface area contributed by atoms with Gasteiger partial charge in [0.2, 0.25) is 0 Å². The summed E-state index contributed by atoms with van der Waals surface area (Å²) in [6, 6.07) is 6.81. The summed E-state index contributed by atoms with van der Waals surface area (Å²) in [6.07, 6.45) is 2.93. The van der Waals surface area contributed by atoms with Crippen LogP contribution in [0.1, 0.15) is 37.8 Å². The number of carbonyl (C=O) groups excluding carboxylic acids is 1. The number of nitrogens with zero attached hydrogens (tertiary/aromatic N) is 3. The lowest BCUT2D eigenvalue weighted by molar-refractivity contribution is -0.00414. The second-order valence-electron chi connectivity index (χ2n) is 7.62. The molecule has 27 heavy (non-hydrogen) atoms. The van der Waals surface area contributed by atoms with Crippen molar-refractivity contribution in [1.29, 1.82) is 0 Å². The Labute approximate surface area is 164 Å². The van der Waals surface area contributed by atoms with Crippen LogP contribution in [0.3, 0.4) is 0 Å². The Morgan fingerprint density at radius 1 is 1.48 bits per heavy atom. The van der Waals surface area contributed by atoms with E-state index in [1.54, 1.807) is 11.3 Å². The van der Waals surface area contributed by atoms with Crippen LogP contribution in [0, 0.1) is 5.92 Å². The Balaban J connectivity index is 1.40. The van der Waals surface area contributed by atoms with Crippen LogP contribution in [0.25, 0.3) is 10.6 Å². The van der Waals surface area contributed by atoms with Crippen molar-refractivity contribution in [3.05, 3.63) is 29.3 Å². The molecule has 7 heteroatoms. The minimum absolute atomic E-state index is 0.289. The van der Waals surface area contributed by atoms with Crippen LogP contribution in [-0.4, -0.2) is 53.1 Å². The second-order valence-corrected chi connectivity index (χ2v) is 8.57. The van der Waals surface area contributed by atoms with Gasteiger partial charge in [0, 0.05) is 37.8 Å². The zero-order valence-electron chi connectivity index (χ0n) is 16.1. The van der Waals surface area contributed by atoms with E-state index in [0.717, 1.165) is 31.6 Å². The smallest absolute Gasteiger partial charge is 0.407 e. The van der Waals surface area contributed by atoms with Gasteiger partial charge in [-0.15, -0.1) is 11.3 Å². The number of amides is 1. The fraction of sp³-hybridized carbons (Fsp3) is 0.600. The van der Waals surface area contributed by atoms with Crippen molar-refractivity contribution in [2.24, 2.45) is 13.0 Å². The third-order valence-electron chi connectivity index (χ3n) is 5.87. The van der Waals surface area contributed by atoms with E-state index >= 15 is 0 Å². The van der Waals surface area contributed by atoms with E-state index in [0.29, 0.717) is 31.0 Å². The predicted molar refractivity (Wildman–Crippen MR) is 107 cm³/mol. The first-order chi connectivity index (χ1) is 13.2. The monoisotopic (exact) mass is 388 g/mol. The molecule has 3 fully saturated rings. The number of piperidine rings is 3. The van der Waals surface area contributed by atoms with Crippen molar-refractivity contribution >= 4 is 17.4 Å². The Kier molecular flexibility index (Phi) is 5.50. The molecule has 0 aromatic carbocycles. The van der Waals surface area contributed by atoms with Crippen LogP contribution in [0.4, 0.5) is 4.79 Å². The summed E-state index contributed by atoms with van der Waals surface area (Å²) < 4.78 is 7.51. The van der Waals surface area contributed by atoms with E-state index in [-0.39, 0.29) is 6.09 Å². The van der Waals surface area contributed by atoms with Crippen molar-refractivity contribution in [2.45, 2.75) is 38.1 Å². The summed E-state index contributed by atoms with van der Waals surface area (Å²) >= 11 is 1.73. The second kappa shape index (κ2) is 8.02. The summed E-state index contributed by atoms with van der Waals surface area (Å²) in [5.74, 6) is 1.14. The molecule has 0 spiro atoms. The summed E-state index contributed by atoms with van der Waals surface area (Å²) in [5.41, 5.74) is 2.40. The fourth-order valence-electron chi connectivity index (χ4n) is 4.47. The average molecular weight is 389 g/mol. The van der Waals surface area contributed by atoms with Gasteiger partial charge in [0.15, 0.2) is 0 Å². The van der Waals surface area contributed by atoms with Crippen molar-refractivity contribution in [2.75, 3.05) is 26.2 Å². The highest BCUT2D eigenvalue weighted by atomic mass is 32.1. The number of rotatable bonds is 6. The third kappa shape index (κ3) is 3.89. The molecule has 5 rings (SSSR count). The topological polar surface area (TPSA) is 59.4 Å². The third-order valence-corrected chi connectivity index (χ3v) is 6.77. The standard InChI is InChI=1S/C20H28N4O2S/c1-3-7-21-20(25)26-13-15-10-14-6-8-24(15)12-16(14)18-11-17(22-23(18)2)19-5-4-9-27-19/h4-5,9,11,14-16H,3,6-8,10,12-13H2,1-2H3,(H,21,25)/t14-,15-,16+/m1/s1. The van der Waals surface area contributed by atoms with E-state index in [2.05, 4.69) is 45.5 Å². The van der Waals surface area contributed by atoms with E-state index in [4.69, 9.17) is 9.84 Å². The summed E-state index contributed by atoms with van der Waals surface area (Å²) in [4.78, 5) is 15.5. The number of alkyl carbamates (subject to hydrolysis) is 1. The number of aryl methyl sites for hydroxylation is 1. The molecule has 4 atom stereocenters. The Hall–Kier alpha value is -1.86. The molecule has 2 bridgehead atoms. The summed E-state index contributed by atoms with van der Waals surface area (Å²) in [6.45, 7) is 5.32. The predicted octanol–water partition coefficient (Wildman–Crippen LogP) is 3.46. The van der Waals surface area contributed by atoms with Crippen molar-refractivity contribution in [1.82, 2.24) is 20.0 Å². The van der Waals surface area contributed by atoms with Crippen LogP contribution in [-0.2, 0) is 11.8 Å². The van der Waals surface area contributed by atoms with Crippen LogP contribution in [0.2, 0.25) is 0 Å². The number of thiophene rings is 1. The Bertz CT molecular complexity index is 773. The Morgan fingerprint density at radius 3 is 3.07 bits per heavy atom. The number of hydrogen-bond donors (Lipinski definition) is 1. The maximum atomic E-state index is 11.7. The first kappa shape index (κ1) is 18.5. The molecular weight excluding hydrogens is 360 g/mol. The molecule has 5 heterocycles. The van der Waals surface area contributed by atoms with E-state index in [9.17, 15) is 4.79 Å². The van der Waals surface area contributed by atoms with Gasteiger partial charge in [-0.25, -0.2) is 4.79 Å². The van der Waals surface area contributed by atoms with Crippen molar-refractivity contribution in [3.63, 3.8) is 0 Å². The van der Waals surface area contributed by atoms with Crippen molar-refractivity contribution < 1.29 is 9.53 Å². The highest BCUT2D eigenvalue weighted by molar-refractivity contribution is 7.13. The van der Waals surface area contributed by atoms with E-state index in [1.807, 2.05) is 6.92 Å². The first-order valence-corrected chi connectivity index (χ1v) is 10.8. The zero-order chi connectivity index (χ0) is 18.8. The molecular formula is C20H28N4O2S. The lowest BCUT2D eigenvalue weighted by Crippen LogP contribution is -2.54. The summed E-state index contributed by atoms with van der Waals surface area (Å²) in [5, 5.41) is 9.63. The van der Waals surface area contributed by atoms with Gasteiger partial charge in [-0.3, -0.25) is 9.58 Å². The van der Waals surface area contributed by atoms with Crippen LogP contribution in [0.5, 0.6) is 0 Å². The SMILES string of the molecule is CCCNC(=O)OC[C@H]1C[C@H]2CCN1C[C@@H]2c1cc(-c2cccs2)nn1C. The van der Waals surface area contributed by atoms with Gasteiger partial charge in [-0.1, -0.05) is 13.0 Å². The van der Waals surface area contributed by atoms with Crippen LogP contribution < -0.4 is 5.32 Å². The number of fused-ring (bicyclic) bond motifs is 3. The minimum atomic E-state index is -0.289. The van der Waals surface area contributed by atoms with Crippen LogP contribution >= 0.6 is 11.3 Å². The maximum Gasteiger partial charge on any atom is 0.407 e. The molecule has 2 aromatic heterocycles. The van der Waals surface area contributed by atoms with Gasteiger partial charge in [0.1, 0.15) is 12.3 Å². The van der Waals surface area contributed by atoms with Gasteiger partial charge in [-0.05, 0) is 49.2 Å². The normalized spacial score (nSPS) is 26.9. The molecule has 6 nitrogen and oxygen atoms in total. The van der Waals surface area contributed by atoms with Gasteiger partial charge in [-0.2, -0.15) is 5.10 Å². The average Bonchev–Trinajstić information content (AvgIpc) is 3.34. The number of aromatic nitrogens is 2. The molecule has 1 amide bonds. The largest absolute Gasteiger partial charge is 0.448 e. The molecule has 0 saturated carbocycles. The molecule has 2 aromatic rings. The maximum absolute atomic E-state index is 11.7. The summed E-state index contributed by atoms with van der Waals surface area (Å²) in [7, 11) is 2.06. The number of hydrogen-bond acceptors (Lipinski definition) is 5.